The number of ether oxygens (including phenoxy) is 1. The van der Waals surface area contributed by atoms with Crippen LogP contribution >= 0.6 is 0 Å². The van der Waals surface area contributed by atoms with Crippen LogP contribution in [0.3, 0.4) is 0 Å². The molecule has 0 bridgehead atoms. The molecule has 0 spiro atoms. The van der Waals surface area contributed by atoms with Crippen molar-refractivity contribution in [3.63, 3.8) is 0 Å². The summed E-state index contributed by atoms with van der Waals surface area (Å²) in [5, 5.41) is 3.02. The standard InChI is InChI=1S/C15H17NO2/c1-3-13-11(2)5-4-6-14(13)15(17)16-12-7-9-18-10-8-12/h1,4-6,12H,7-10H2,2H3,(H,16,17). The predicted molar refractivity (Wildman–Crippen MR) is 70.4 cm³/mol. The quantitative estimate of drug-likeness (QED) is 0.805. The van der Waals surface area contributed by atoms with Gasteiger partial charge in [0.15, 0.2) is 0 Å². The third-order valence-corrected chi connectivity index (χ3v) is 3.22. The number of aryl methyl sites for hydroxylation is 1. The molecule has 1 aliphatic heterocycles. The van der Waals surface area contributed by atoms with E-state index < -0.39 is 0 Å². The molecular formula is C15H17NO2. The van der Waals surface area contributed by atoms with Gasteiger partial charge >= 0.3 is 0 Å². The number of nitrogens with one attached hydrogen (secondary N) is 1. The van der Waals surface area contributed by atoms with Crippen molar-refractivity contribution in [1.29, 1.82) is 0 Å². The van der Waals surface area contributed by atoms with Gasteiger partial charge in [0.25, 0.3) is 5.91 Å². The molecule has 1 aromatic rings. The molecule has 0 aromatic heterocycles. The first-order chi connectivity index (χ1) is 8.72. The number of terminal acetylenes is 1. The van der Waals surface area contributed by atoms with Crippen molar-refractivity contribution in [2.24, 2.45) is 0 Å². The summed E-state index contributed by atoms with van der Waals surface area (Å²) in [4.78, 5) is 12.2. The van der Waals surface area contributed by atoms with E-state index in [-0.39, 0.29) is 11.9 Å². The van der Waals surface area contributed by atoms with E-state index in [2.05, 4.69) is 11.2 Å². The molecule has 1 aliphatic rings. The predicted octanol–water partition coefficient (Wildman–Crippen LogP) is 1.89. The molecule has 2 rings (SSSR count). The molecule has 94 valence electrons. The largest absolute Gasteiger partial charge is 0.381 e. The Morgan fingerprint density at radius 1 is 1.44 bits per heavy atom. The summed E-state index contributed by atoms with van der Waals surface area (Å²) in [5.74, 6) is 2.51. The molecule has 0 radical (unpaired) electrons. The Hall–Kier alpha value is -1.79. The van der Waals surface area contributed by atoms with Gasteiger partial charge in [0, 0.05) is 24.8 Å². The van der Waals surface area contributed by atoms with Crippen LogP contribution in [0.4, 0.5) is 0 Å². The minimum Gasteiger partial charge on any atom is -0.381 e. The Labute approximate surface area is 108 Å². The monoisotopic (exact) mass is 243 g/mol. The van der Waals surface area contributed by atoms with E-state index in [0.29, 0.717) is 24.3 Å². The normalized spacial score (nSPS) is 16.0. The Balaban J connectivity index is 2.14. The third-order valence-electron chi connectivity index (χ3n) is 3.22. The fraction of sp³-hybridized carbons (Fsp3) is 0.400. The highest BCUT2D eigenvalue weighted by Gasteiger charge is 2.18. The van der Waals surface area contributed by atoms with Crippen LogP contribution in [0.25, 0.3) is 0 Å². The van der Waals surface area contributed by atoms with E-state index in [1.807, 2.05) is 19.1 Å². The van der Waals surface area contributed by atoms with Crippen molar-refractivity contribution in [2.45, 2.75) is 25.8 Å². The first kappa shape index (κ1) is 12.7. The number of hydrogen-bond donors (Lipinski definition) is 1. The van der Waals surface area contributed by atoms with Crippen molar-refractivity contribution in [1.82, 2.24) is 5.32 Å². The van der Waals surface area contributed by atoms with Crippen molar-refractivity contribution < 1.29 is 9.53 Å². The van der Waals surface area contributed by atoms with Crippen molar-refractivity contribution >= 4 is 5.91 Å². The van der Waals surface area contributed by atoms with Gasteiger partial charge in [0.05, 0.1) is 5.56 Å². The first-order valence-corrected chi connectivity index (χ1v) is 6.17. The SMILES string of the molecule is C#Cc1c(C)cccc1C(=O)NC1CCOCC1. The highest BCUT2D eigenvalue weighted by molar-refractivity contribution is 5.97. The van der Waals surface area contributed by atoms with Crippen LogP contribution in [0.2, 0.25) is 0 Å². The van der Waals surface area contributed by atoms with Crippen molar-refractivity contribution in [2.75, 3.05) is 13.2 Å². The van der Waals surface area contributed by atoms with Gasteiger partial charge in [-0.3, -0.25) is 4.79 Å². The molecular weight excluding hydrogens is 226 g/mol. The maximum absolute atomic E-state index is 12.2. The highest BCUT2D eigenvalue weighted by atomic mass is 16.5. The number of rotatable bonds is 2. The zero-order valence-corrected chi connectivity index (χ0v) is 10.5. The van der Waals surface area contributed by atoms with Gasteiger partial charge in [0.2, 0.25) is 0 Å². The minimum absolute atomic E-state index is 0.0847. The van der Waals surface area contributed by atoms with Crippen LogP contribution in [0, 0.1) is 19.3 Å². The molecule has 0 atom stereocenters. The van der Waals surface area contributed by atoms with E-state index in [9.17, 15) is 4.79 Å². The van der Waals surface area contributed by atoms with Gasteiger partial charge in [-0.2, -0.15) is 0 Å². The van der Waals surface area contributed by atoms with E-state index in [1.54, 1.807) is 6.07 Å². The van der Waals surface area contributed by atoms with Gasteiger partial charge in [-0.05, 0) is 31.4 Å². The Kier molecular flexibility index (Phi) is 4.01. The van der Waals surface area contributed by atoms with E-state index in [0.717, 1.165) is 18.4 Å². The fourth-order valence-electron chi connectivity index (χ4n) is 2.15. The summed E-state index contributed by atoms with van der Waals surface area (Å²) in [6.45, 7) is 3.34. The lowest BCUT2D eigenvalue weighted by Crippen LogP contribution is -2.39. The second-order valence-electron chi connectivity index (χ2n) is 4.50. The number of amides is 1. The molecule has 1 N–H and O–H groups in total. The molecule has 1 amide bonds. The highest BCUT2D eigenvalue weighted by Crippen LogP contribution is 2.14. The lowest BCUT2D eigenvalue weighted by Gasteiger charge is -2.23. The van der Waals surface area contributed by atoms with E-state index in [4.69, 9.17) is 11.2 Å². The van der Waals surface area contributed by atoms with E-state index >= 15 is 0 Å². The molecule has 0 unspecified atom stereocenters. The maximum atomic E-state index is 12.2. The Morgan fingerprint density at radius 2 is 2.17 bits per heavy atom. The van der Waals surface area contributed by atoms with Gasteiger partial charge < -0.3 is 10.1 Å². The summed E-state index contributed by atoms with van der Waals surface area (Å²) in [6, 6.07) is 5.74. The summed E-state index contributed by atoms with van der Waals surface area (Å²) in [5.41, 5.74) is 2.23. The van der Waals surface area contributed by atoms with Crippen molar-refractivity contribution in [3.05, 3.63) is 34.9 Å². The van der Waals surface area contributed by atoms with Crippen molar-refractivity contribution in [3.8, 4) is 12.3 Å². The van der Waals surface area contributed by atoms with Crippen LogP contribution in [-0.4, -0.2) is 25.2 Å². The van der Waals surface area contributed by atoms with Crippen LogP contribution in [0.5, 0.6) is 0 Å². The zero-order chi connectivity index (χ0) is 13.0. The summed E-state index contributed by atoms with van der Waals surface area (Å²) >= 11 is 0. The second kappa shape index (κ2) is 5.70. The van der Waals surface area contributed by atoms with Crippen LogP contribution < -0.4 is 5.32 Å². The lowest BCUT2D eigenvalue weighted by molar-refractivity contribution is 0.0696. The van der Waals surface area contributed by atoms with Gasteiger partial charge in [-0.15, -0.1) is 6.42 Å². The molecule has 3 nitrogen and oxygen atoms in total. The lowest BCUT2D eigenvalue weighted by atomic mass is 10.0. The van der Waals surface area contributed by atoms with E-state index in [1.165, 1.54) is 0 Å². The smallest absolute Gasteiger partial charge is 0.252 e. The van der Waals surface area contributed by atoms with Crippen LogP contribution in [-0.2, 0) is 4.74 Å². The Morgan fingerprint density at radius 3 is 2.83 bits per heavy atom. The molecule has 1 heterocycles. The molecule has 3 heteroatoms. The summed E-state index contributed by atoms with van der Waals surface area (Å²) in [6.07, 6.45) is 7.20. The molecule has 1 fully saturated rings. The number of benzene rings is 1. The zero-order valence-electron chi connectivity index (χ0n) is 10.5. The molecule has 1 aromatic carbocycles. The summed E-state index contributed by atoms with van der Waals surface area (Å²) in [7, 11) is 0. The average Bonchev–Trinajstić information content (AvgIpc) is 2.39. The first-order valence-electron chi connectivity index (χ1n) is 6.17. The molecule has 0 saturated carbocycles. The van der Waals surface area contributed by atoms with Crippen LogP contribution in [0.1, 0.15) is 34.3 Å². The molecule has 0 aliphatic carbocycles. The topological polar surface area (TPSA) is 38.3 Å². The number of carbonyl (C=O) groups excluding carboxylic acids is 1. The Bertz CT molecular complexity index is 482. The van der Waals surface area contributed by atoms with Gasteiger partial charge in [-0.25, -0.2) is 0 Å². The van der Waals surface area contributed by atoms with Gasteiger partial charge in [0.1, 0.15) is 0 Å². The maximum Gasteiger partial charge on any atom is 0.252 e. The number of hydrogen-bond acceptors (Lipinski definition) is 2. The fourth-order valence-corrected chi connectivity index (χ4v) is 2.15. The van der Waals surface area contributed by atoms with Crippen LogP contribution in [0.15, 0.2) is 18.2 Å². The minimum atomic E-state index is -0.0847. The summed E-state index contributed by atoms with van der Waals surface area (Å²) < 4.78 is 5.27. The molecule has 1 saturated heterocycles. The second-order valence-corrected chi connectivity index (χ2v) is 4.50. The third kappa shape index (κ3) is 2.72. The molecule has 18 heavy (non-hydrogen) atoms. The average molecular weight is 243 g/mol. The number of carbonyl (C=O) groups is 1. The van der Waals surface area contributed by atoms with Gasteiger partial charge in [-0.1, -0.05) is 18.1 Å².